The molecule has 0 spiro atoms. The average molecular weight is 353 g/mol. The van der Waals surface area contributed by atoms with Gasteiger partial charge in [0.25, 0.3) is 0 Å². The lowest BCUT2D eigenvalue weighted by atomic mass is 10.2. The molecule has 138 valence electrons. The molecule has 2 aromatic rings. The zero-order valence-corrected chi connectivity index (χ0v) is 15.2. The van der Waals surface area contributed by atoms with E-state index in [1.54, 1.807) is 0 Å². The van der Waals surface area contributed by atoms with E-state index >= 15 is 0 Å². The molecule has 6 heteroatoms. The Balaban J connectivity index is 1.49. The summed E-state index contributed by atoms with van der Waals surface area (Å²) in [5.41, 5.74) is 2.16. The zero-order chi connectivity index (χ0) is 17.9. The number of allylic oxidation sites excluding steroid dienone is 1. The van der Waals surface area contributed by atoms with Gasteiger partial charge in [-0.3, -0.25) is 9.69 Å². The van der Waals surface area contributed by atoms with E-state index in [1.807, 2.05) is 23.1 Å². The van der Waals surface area contributed by atoms with Crippen LogP contribution in [-0.2, 0) is 17.9 Å². The molecule has 1 unspecified atom stereocenters. The number of nitrogens with zero attached hydrogens (tertiary/aromatic N) is 4. The van der Waals surface area contributed by atoms with Gasteiger partial charge in [0, 0.05) is 39.3 Å². The number of benzene rings is 1. The van der Waals surface area contributed by atoms with Crippen molar-refractivity contribution in [3.63, 3.8) is 0 Å². The smallest absolute Gasteiger partial charge is 0.241 e. The lowest BCUT2D eigenvalue weighted by Gasteiger charge is -2.34. The number of aromatic nitrogens is 2. The van der Waals surface area contributed by atoms with Crippen LogP contribution in [0.15, 0.2) is 36.9 Å². The van der Waals surface area contributed by atoms with Crippen LogP contribution in [0.1, 0.15) is 18.7 Å². The van der Waals surface area contributed by atoms with Gasteiger partial charge >= 0.3 is 0 Å². The Morgan fingerprint density at radius 3 is 2.88 bits per heavy atom. The van der Waals surface area contributed by atoms with E-state index in [0.717, 1.165) is 75.5 Å². The number of nitrogens with one attached hydrogen (secondary N) is 1. The molecule has 0 aliphatic carbocycles. The maximum absolute atomic E-state index is 12.7. The van der Waals surface area contributed by atoms with E-state index in [-0.39, 0.29) is 11.9 Å². The summed E-state index contributed by atoms with van der Waals surface area (Å²) in [4.78, 5) is 21.9. The molecule has 3 heterocycles. The van der Waals surface area contributed by atoms with E-state index in [2.05, 4.69) is 33.5 Å². The first-order valence-corrected chi connectivity index (χ1v) is 9.56. The number of carbonyl (C=O) groups is 1. The Bertz CT molecular complexity index is 793. The Morgan fingerprint density at radius 1 is 1.27 bits per heavy atom. The van der Waals surface area contributed by atoms with Crippen LogP contribution in [0.4, 0.5) is 0 Å². The van der Waals surface area contributed by atoms with Gasteiger partial charge in [-0.2, -0.15) is 0 Å². The third kappa shape index (κ3) is 3.39. The highest BCUT2D eigenvalue weighted by Crippen LogP contribution is 2.18. The van der Waals surface area contributed by atoms with Crippen LogP contribution in [0, 0.1) is 0 Å². The number of fused-ring (bicyclic) bond motifs is 1. The fraction of sp³-hybridized carbons (Fsp3) is 0.500. The number of likely N-dealkylation sites (tertiary alicyclic amines) is 1. The van der Waals surface area contributed by atoms with Gasteiger partial charge in [0.1, 0.15) is 5.82 Å². The van der Waals surface area contributed by atoms with Crippen molar-refractivity contribution in [1.29, 1.82) is 0 Å². The fourth-order valence-electron chi connectivity index (χ4n) is 4.06. The van der Waals surface area contributed by atoms with Gasteiger partial charge in [-0.05, 0) is 25.0 Å². The summed E-state index contributed by atoms with van der Waals surface area (Å²) in [6, 6.07) is 8.12. The monoisotopic (exact) mass is 353 g/mol. The third-order valence-corrected chi connectivity index (χ3v) is 5.39. The van der Waals surface area contributed by atoms with Crippen molar-refractivity contribution in [2.24, 2.45) is 0 Å². The Morgan fingerprint density at radius 2 is 2.08 bits per heavy atom. The van der Waals surface area contributed by atoms with Crippen molar-refractivity contribution in [3.05, 3.63) is 42.7 Å². The van der Waals surface area contributed by atoms with Gasteiger partial charge in [-0.1, -0.05) is 18.2 Å². The quantitative estimate of drug-likeness (QED) is 0.830. The van der Waals surface area contributed by atoms with Crippen molar-refractivity contribution < 1.29 is 4.79 Å². The first-order valence-electron chi connectivity index (χ1n) is 9.56. The van der Waals surface area contributed by atoms with E-state index < -0.39 is 0 Å². The van der Waals surface area contributed by atoms with Crippen molar-refractivity contribution in [2.75, 3.05) is 32.7 Å². The molecule has 26 heavy (non-hydrogen) atoms. The molecule has 1 amide bonds. The van der Waals surface area contributed by atoms with Crippen molar-refractivity contribution >= 4 is 16.9 Å². The van der Waals surface area contributed by atoms with Gasteiger partial charge in [-0.15, -0.1) is 6.58 Å². The Hall–Kier alpha value is -2.18. The topological polar surface area (TPSA) is 53.4 Å². The predicted molar refractivity (Wildman–Crippen MR) is 103 cm³/mol. The molecule has 1 atom stereocenters. The molecule has 4 rings (SSSR count). The summed E-state index contributed by atoms with van der Waals surface area (Å²) in [5, 5.41) is 3.40. The maximum atomic E-state index is 12.7. The minimum atomic E-state index is -0.0981. The highest BCUT2D eigenvalue weighted by Gasteiger charge is 2.30. The highest BCUT2D eigenvalue weighted by atomic mass is 16.2. The molecule has 2 aliphatic rings. The minimum Gasteiger partial charge on any atom is -0.341 e. The van der Waals surface area contributed by atoms with Crippen LogP contribution < -0.4 is 5.32 Å². The molecule has 2 saturated heterocycles. The molecule has 1 N–H and O–H groups in total. The molecule has 0 radical (unpaired) electrons. The predicted octanol–water partition coefficient (Wildman–Crippen LogP) is 1.62. The summed E-state index contributed by atoms with van der Waals surface area (Å²) in [6.07, 6.45) is 4.18. The van der Waals surface area contributed by atoms with Crippen LogP contribution >= 0.6 is 0 Å². The van der Waals surface area contributed by atoms with E-state index in [9.17, 15) is 4.79 Å². The summed E-state index contributed by atoms with van der Waals surface area (Å²) < 4.78 is 2.22. The Labute approximate surface area is 154 Å². The van der Waals surface area contributed by atoms with Crippen molar-refractivity contribution in [2.45, 2.75) is 32.0 Å². The van der Waals surface area contributed by atoms with Gasteiger partial charge in [-0.25, -0.2) is 4.98 Å². The van der Waals surface area contributed by atoms with E-state index in [1.165, 1.54) is 0 Å². The number of para-hydroxylation sites is 2. The summed E-state index contributed by atoms with van der Waals surface area (Å²) >= 11 is 0. The minimum absolute atomic E-state index is 0.0981. The molecule has 1 aromatic carbocycles. The standard InChI is InChI=1S/C20H27N5O/c1-2-10-25-18-8-4-3-7-16(18)22-19(25)15-23-13-9-21-17(14-23)20(26)24-11-5-6-12-24/h2-4,7-8,17,21H,1,5-6,9-15H2. The van der Waals surface area contributed by atoms with Crippen molar-refractivity contribution in [3.8, 4) is 0 Å². The maximum Gasteiger partial charge on any atom is 0.241 e. The molecule has 0 saturated carbocycles. The van der Waals surface area contributed by atoms with Crippen molar-refractivity contribution in [1.82, 2.24) is 24.7 Å². The molecular weight excluding hydrogens is 326 g/mol. The van der Waals surface area contributed by atoms with Gasteiger partial charge in [0.2, 0.25) is 5.91 Å². The van der Waals surface area contributed by atoms with Gasteiger partial charge in [0.05, 0.1) is 23.6 Å². The fourth-order valence-corrected chi connectivity index (χ4v) is 4.06. The molecule has 2 aliphatic heterocycles. The molecule has 6 nitrogen and oxygen atoms in total. The molecular formula is C20H27N5O. The van der Waals surface area contributed by atoms with Gasteiger partial charge in [0.15, 0.2) is 0 Å². The number of rotatable bonds is 5. The van der Waals surface area contributed by atoms with E-state index in [0.29, 0.717) is 0 Å². The number of carbonyl (C=O) groups excluding carboxylic acids is 1. The SMILES string of the molecule is C=CCn1c(CN2CCNC(C(=O)N3CCCC3)C2)nc2ccccc21. The van der Waals surface area contributed by atoms with Gasteiger partial charge < -0.3 is 14.8 Å². The lowest BCUT2D eigenvalue weighted by Crippen LogP contribution is -2.57. The second kappa shape index (κ2) is 7.60. The summed E-state index contributed by atoms with van der Waals surface area (Å²) in [5.74, 6) is 1.30. The third-order valence-electron chi connectivity index (χ3n) is 5.39. The highest BCUT2D eigenvalue weighted by molar-refractivity contribution is 5.82. The number of hydrogen-bond donors (Lipinski definition) is 1. The number of imidazole rings is 1. The summed E-state index contributed by atoms with van der Waals surface area (Å²) in [6.45, 7) is 9.72. The van der Waals surface area contributed by atoms with Crippen LogP contribution in [-0.4, -0.2) is 64.0 Å². The average Bonchev–Trinajstić information content (AvgIpc) is 3.31. The van der Waals surface area contributed by atoms with Crippen LogP contribution in [0.2, 0.25) is 0 Å². The first-order chi connectivity index (χ1) is 12.8. The second-order valence-electron chi connectivity index (χ2n) is 7.19. The Kier molecular flexibility index (Phi) is 5.04. The number of hydrogen-bond acceptors (Lipinski definition) is 4. The first kappa shape index (κ1) is 17.2. The van der Waals surface area contributed by atoms with E-state index in [4.69, 9.17) is 4.98 Å². The number of piperazine rings is 1. The van der Waals surface area contributed by atoms with Crippen LogP contribution in [0.25, 0.3) is 11.0 Å². The summed E-state index contributed by atoms with van der Waals surface area (Å²) in [7, 11) is 0. The zero-order valence-electron chi connectivity index (χ0n) is 15.2. The molecule has 1 aromatic heterocycles. The molecule has 0 bridgehead atoms. The van der Waals surface area contributed by atoms with Crippen LogP contribution in [0.5, 0.6) is 0 Å². The largest absolute Gasteiger partial charge is 0.341 e. The normalized spacial score (nSPS) is 21.4. The number of amides is 1. The second-order valence-corrected chi connectivity index (χ2v) is 7.19. The van der Waals surface area contributed by atoms with Crippen LogP contribution in [0.3, 0.4) is 0 Å². The lowest BCUT2D eigenvalue weighted by molar-refractivity contribution is -0.133. The molecule has 2 fully saturated rings.